The summed E-state index contributed by atoms with van der Waals surface area (Å²) >= 11 is 1.39. The highest BCUT2D eigenvalue weighted by Crippen LogP contribution is 2.28. The number of hydrogen-bond donors (Lipinski definition) is 2. The van der Waals surface area contributed by atoms with E-state index < -0.39 is 0 Å². The number of thiazole rings is 1. The van der Waals surface area contributed by atoms with E-state index in [0.717, 1.165) is 16.9 Å². The molecule has 0 saturated heterocycles. The maximum atomic E-state index is 13.0. The molecule has 0 unspecified atom stereocenters. The van der Waals surface area contributed by atoms with Gasteiger partial charge in [0.1, 0.15) is 6.17 Å². The van der Waals surface area contributed by atoms with E-state index in [1.165, 1.54) is 11.3 Å². The Morgan fingerprint density at radius 2 is 2.10 bits per heavy atom. The Kier molecular flexibility index (Phi) is 6.27. The molecule has 2 N–H and O–H groups in total. The average Bonchev–Trinajstić information content (AvgIpc) is 3.24. The van der Waals surface area contributed by atoms with Gasteiger partial charge in [0.2, 0.25) is 5.91 Å². The van der Waals surface area contributed by atoms with E-state index in [4.69, 9.17) is 0 Å². The molecule has 1 aliphatic heterocycles. The summed E-state index contributed by atoms with van der Waals surface area (Å²) in [6.07, 6.45) is 4.26. The Bertz CT molecular complexity index is 1070. The van der Waals surface area contributed by atoms with E-state index in [0.29, 0.717) is 30.1 Å². The molecular formula is C23H25N5O2S. The molecule has 8 heteroatoms. The molecule has 7 nitrogen and oxygen atoms in total. The number of fused-ring (bicyclic) bond motifs is 1. The summed E-state index contributed by atoms with van der Waals surface area (Å²) in [6, 6.07) is 11.3. The third kappa shape index (κ3) is 4.74. The van der Waals surface area contributed by atoms with Crippen molar-refractivity contribution in [1.29, 1.82) is 0 Å². The predicted octanol–water partition coefficient (Wildman–Crippen LogP) is 4.47. The summed E-state index contributed by atoms with van der Waals surface area (Å²) in [5.41, 5.74) is 3.25. The van der Waals surface area contributed by atoms with Crippen molar-refractivity contribution in [1.82, 2.24) is 14.9 Å². The molecule has 0 fully saturated rings. The molecule has 1 aromatic carbocycles. The van der Waals surface area contributed by atoms with E-state index >= 15 is 0 Å². The molecule has 2 amide bonds. The first-order chi connectivity index (χ1) is 15.0. The number of nitrogens with one attached hydrogen (secondary N) is 2. The molecule has 0 aliphatic carbocycles. The number of pyridine rings is 1. The van der Waals surface area contributed by atoms with Crippen LogP contribution in [0.3, 0.4) is 0 Å². The fraction of sp³-hybridized carbons (Fsp3) is 0.304. The van der Waals surface area contributed by atoms with Crippen LogP contribution in [0.2, 0.25) is 0 Å². The Hall–Kier alpha value is -3.26. The maximum Gasteiger partial charge on any atom is 0.257 e. The number of anilines is 2. The number of benzene rings is 1. The number of carbonyl (C=O) groups excluding carboxylic acids is 2. The summed E-state index contributed by atoms with van der Waals surface area (Å²) in [5, 5.41) is 8.79. The van der Waals surface area contributed by atoms with Gasteiger partial charge in [0, 0.05) is 42.0 Å². The second-order valence-corrected chi connectivity index (χ2v) is 8.67. The monoisotopic (exact) mass is 435 g/mol. The van der Waals surface area contributed by atoms with Gasteiger partial charge < -0.3 is 15.5 Å². The fourth-order valence-corrected chi connectivity index (χ4v) is 4.39. The molecular weight excluding hydrogens is 410 g/mol. The van der Waals surface area contributed by atoms with Crippen molar-refractivity contribution < 1.29 is 9.59 Å². The molecule has 2 aromatic heterocycles. The van der Waals surface area contributed by atoms with E-state index in [1.807, 2.05) is 46.7 Å². The molecule has 0 radical (unpaired) electrons. The van der Waals surface area contributed by atoms with E-state index in [1.54, 1.807) is 12.4 Å². The number of carbonyl (C=O) groups is 2. The van der Waals surface area contributed by atoms with E-state index in [2.05, 4.69) is 34.4 Å². The topological polar surface area (TPSA) is 87.2 Å². The zero-order chi connectivity index (χ0) is 21.8. The average molecular weight is 436 g/mol. The zero-order valence-corrected chi connectivity index (χ0v) is 18.4. The van der Waals surface area contributed by atoms with Gasteiger partial charge in [-0.25, -0.2) is 4.98 Å². The standard InChI is InChI=1S/C23H25N5O2S/c1-15(2)21-25-18-9-4-3-8-17(18)22(30)28(21)12-6-10-20(29)27-23-26-19(14-31-23)16-7-5-11-24-13-16/h3-5,7-9,11,13-15,21,25H,6,10,12H2,1-2H3,(H,26,27,29)/t21-/m1/s1. The smallest absolute Gasteiger partial charge is 0.257 e. The third-order valence-corrected chi connectivity index (χ3v) is 5.96. The number of rotatable bonds is 7. The summed E-state index contributed by atoms with van der Waals surface area (Å²) in [5.74, 6) is 0.146. The van der Waals surface area contributed by atoms with Gasteiger partial charge in [0.05, 0.1) is 11.3 Å². The van der Waals surface area contributed by atoms with Gasteiger partial charge in [-0.3, -0.25) is 14.6 Å². The minimum atomic E-state index is -0.106. The van der Waals surface area contributed by atoms with Crippen LogP contribution in [0.25, 0.3) is 11.3 Å². The van der Waals surface area contributed by atoms with Gasteiger partial charge in [-0.15, -0.1) is 11.3 Å². The van der Waals surface area contributed by atoms with Crippen molar-refractivity contribution >= 4 is 34.0 Å². The Morgan fingerprint density at radius 3 is 2.87 bits per heavy atom. The van der Waals surface area contributed by atoms with Crippen LogP contribution in [0.1, 0.15) is 37.0 Å². The van der Waals surface area contributed by atoms with Crippen LogP contribution in [-0.4, -0.2) is 39.4 Å². The largest absolute Gasteiger partial charge is 0.364 e. The minimum Gasteiger partial charge on any atom is -0.364 e. The summed E-state index contributed by atoms with van der Waals surface area (Å²) < 4.78 is 0. The number of hydrogen-bond acceptors (Lipinski definition) is 6. The highest BCUT2D eigenvalue weighted by atomic mass is 32.1. The van der Waals surface area contributed by atoms with Crippen LogP contribution in [0.5, 0.6) is 0 Å². The minimum absolute atomic E-state index is 0.00879. The lowest BCUT2D eigenvalue weighted by atomic mass is 10.0. The number of aromatic nitrogens is 2. The van der Waals surface area contributed by atoms with E-state index in [9.17, 15) is 9.59 Å². The number of amides is 2. The molecule has 3 aromatic rings. The molecule has 0 saturated carbocycles. The van der Waals surface area contributed by atoms with Crippen molar-refractivity contribution in [3.63, 3.8) is 0 Å². The fourth-order valence-electron chi connectivity index (χ4n) is 3.65. The second kappa shape index (κ2) is 9.26. The molecule has 4 rings (SSSR count). The van der Waals surface area contributed by atoms with Crippen molar-refractivity contribution in [3.05, 3.63) is 59.7 Å². The number of para-hydroxylation sites is 1. The molecule has 3 heterocycles. The first-order valence-corrected chi connectivity index (χ1v) is 11.2. The lowest BCUT2D eigenvalue weighted by Gasteiger charge is -2.40. The van der Waals surface area contributed by atoms with Crippen LogP contribution in [0.15, 0.2) is 54.2 Å². The molecule has 1 atom stereocenters. The van der Waals surface area contributed by atoms with E-state index in [-0.39, 0.29) is 23.9 Å². The first-order valence-electron chi connectivity index (χ1n) is 10.4. The molecule has 31 heavy (non-hydrogen) atoms. The van der Waals surface area contributed by atoms with Crippen molar-refractivity contribution in [3.8, 4) is 11.3 Å². The Labute approximate surface area is 185 Å². The highest BCUT2D eigenvalue weighted by Gasteiger charge is 2.33. The molecule has 160 valence electrons. The van der Waals surface area contributed by atoms with Crippen LogP contribution in [0, 0.1) is 5.92 Å². The van der Waals surface area contributed by atoms with Gasteiger partial charge in [-0.1, -0.05) is 26.0 Å². The first kappa shape index (κ1) is 21.0. The van der Waals surface area contributed by atoms with Crippen LogP contribution in [-0.2, 0) is 4.79 Å². The van der Waals surface area contributed by atoms with Crippen LogP contribution >= 0.6 is 11.3 Å². The molecule has 1 aliphatic rings. The highest BCUT2D eigenvalue weighted by molar-refractivity contribution is 7.14. The zero-order valence-electron chi connectivity index (χ0n) is 17.5. The summed E-state index contributed by atoms with van der Waals surface area (Å²) in [7, 11) is 0. The normalized spacial score (nSPS) is 15.5. The van der Waals surface area contributed by atoms with Gasteiger partial charge in [-0.2, -0.15) is 0 Å². The van der Waals surface area contributed by atoms with Gasteiger partial charge in [0.15, 0.2) is 5.13 Å². The Morgan fingerprint density at radius 1 is 1.26 bits per heavy atom. The molecule has 0 bridgehead atoms. The quantitative estimate of drug-likeness (QED) is 0.572. The van der Waals surface area contributed by atoms with Crippen LogP contribution < -0.4 is 10.6 Å². The van der Waals surface area contributed by atoms with Crippen LogP contribution in [0.4, 0.5) is 10.8 Å². The van der Waals surface area contributed by atoms with Crippen molar-refractivity contribution in [2.24, 2.45) is 5.92 Å². The maximum absolute atomic E-state index is 13.0. The summed E-state index contributed by atoms with van der Waals surface area (Å²) in [6.45, 7) is 4.68. The SMILES string of the molecule is CC(C)[C@@H]1Nc2ccccc2C(=O)N1CCCC(=O)Nc1nc(-c2cccnc2)cs1. The molecule has 0 spiro atoms. The summed E-state index contributed by atoms with van der Waals surface area (Å²) in [4.78, 5) is 35.8. The second-order valence-electron chi connectivity index (χ2n) is 7.81. The van der Waals surface area contributed by atoms with Gasteiger partial charge >= 0.3 is 0 Å². The Balaban J connectivity index is 1.34. The number of nitrogens with zero attached hydrogens (tertiary/aromatic N) is 3. The van der Waals surface area contributed by atoms with Crippen molar-refractivity contribution in [2.45, 2.75) is 32.9 Å². The lowest BCUT2D eigenvalue weighted by molar-refractivity contribution is -0.116. The predicted molar refractivity (Wildman–Crippen MR) is 123 cm³/mol. The van der Waals surface area contributed by atoms with Gasteiger partial charge in [-0.05, 0) is 36.6 Å². The van der Waals surface area contributed by atoms with Gasteiger partial charge in [0.25, 0.3) is 5.91 Å². The lowest BCUT2D eigenvalue weighted by Crippen LogP contribution is -2.51. The third-order valence-electron chi connectivity index (χ3n) is 5.20. The van der Waals surface area contributed by atoms with Crippen molar-refractivity contribution in [2.75, 3.05) is 17.2 Å².